The molecule has 25 heavy (non-hydrogen) atoms. The number of carbonyl (C=O) groups is 1. The van der Waals surface area contributed by atoms with Crippen LogP contribution in [0.4, 0.5) is 10.5 Å². The lowest BCUT2D eigenvalue weighted by Crippen LogP contribution is -2.46. The summed E-state index contributed by atoms with van der Waals surface area (Å²) in [6.45, 7) is 0. The van der Waals surface area contributed by atoms with Crippen LogP contribution in [0, 0.1) is 0 Å². The number of fused-ring (bicyclic) bond motifs is 1. The van der Waals surface area contributed by atoms with Gasteiger partial charge in [-0.05, 0) is 12.1 Å². The minimum Gasteiger partial charge on any atom is -0.350 e. The number of halogens is 2. The van der Waals surface area contributed by atoms with Crippen LogP contribution in [0.5, 0.6) is 0 Å². The van der Waals surface area contributed by atoms with Crippen molar-refractivity contribution in [2.75, 3.05) is 12.1 Å². The number of rotatable bonds is 2. The highest BCUT2D eigenvalue weighted by Gasteiger charge is 2.45. The molecule has 1 aliphatic heterocycles. The zero-order chi connectivity index (χ0) is 18.5. The van der Waals surface area contributed by atoms with E-state index in [2.05, 4.69) is 0 Å². The van der Waals surface area contributed by atoms with E-state index in [1.54, 1.807) is 24.3 Å². The van der Waals surface area contributed by atoms with E-state index in [0.717, 1.165) is 10.0 Å². The lowest BCUT2D eigenvalue weighted by molar-refractivity contribution is 0.230. The van der Waals surface area contributed by atoms with Crippen LogP contribution < -0.4 is 10.7 Å². The van der Waals surface area contributed by atoms with Crippen LogP contribution in [0.3, 0.4) is 0 Å². The molecule has 2 aromatic carbocycles. The van der Waals surface area contributed by atoms with E-state index in [0.29, 0.717) is 21.2 Å². The van der Waals surface area contributed by atoms with E-state index in [-0.39, 0.29) is 11.3 Å². The van der Waals surface area contributed by atoms with E-state index in [1.165, 1.54) is 19.2 Å². The summed E-state index contributed by atoms with van der Waals surface area (Å²) in [7, 11) is -3.18. The average Bonchev–Trinajstić information content (AvgIpc) is 2.79. The largest absolute Gasteiger partial charge is 0.350 e. The molecule has 2 amide bonds. The van der Waals surface area contributed by atoms with Gasteiger partial charge in [-0.2, -0.15) is 13.4 Å². The van der Waals surface area contributed by atoms with Crippen LogP contribution in [0.1, 0.15) is 10.9 Å². The third-order valence-electron chi connectivity index (χ3n) is 3.91. The predicted octanol–water partition coefficient (Wildman–Crippen LogP) is 3.29. The summed E-state index contributed by atoms with van der Waals surface area (Å²) in [6, 6.07) is 8.69. The Morgan fingerprint density at radius 3 is 2.44 bits per heavy atom. The first-order chi connectivity index (χ1) is 11.6. The first-order valence-electron chi connectivity index (χ1n) is 7.00. The molecule has 0 bridgehead atoms. The number of para-hydroxylation sites is 1. The molecular weight excluding hydrogens is 389 g/mol. The number of hydrogen-bond acceptors (Lipinski definition) is 4. The highest BCUT2D eigenvalue weighted by Crippen LogP contribution is 2.48. The summed E-state index contributed by atoms with van der Waals surface area (Å²) >= 11 is 12.2. The van der Waals surface area contributed by atoms with Crippen molar-refractivity contribution in [1.29, 1.82) is 0 Å². The summed E-state index contributed by atoms with van der Waals surface area (Å²) in [6.07, 6.45) is 0. The fourth-order valence-electron chi connectivity index (χ4n) is 3.01. The molecule has 132 valence electrons. The van der Waals surface area contributed by atoms with Crippen molar-refractivity contribution >= 4 is 45.0 Å². The van der Waals surface area contributed by atoms with Gasteiger partial charge in [-0.25, -0.2) is 9.80 Å². The van der Waals surface area contributed by atoms with Crippen molar-refractivity contribution in [3.05, 3.63) is 52.0 Å². The molecule has 0 saturated heterocycles. The normalized spacial score (nSPS) is 17.6. The Balaban J connectivity index is 2.33. The molecule has 10 heteroatoms. The highest BCUT2D eigenvalue weighted by molar-refractivity contribution is 7.86. The number of hydrogen-bond donors (Lipinski definition) is 2. The van der Waals surface area contributed by atoms with Crippen molar-refractivity contribution in [2.45, 2.75) is 5.37 Å². The van der Waals surface area contributed by atoms with Crippen LogP contribution in [0.2, 0.25) is 10.0 Å². The standard InChI is InChI=1S/C15H13Cl2N3O4S/c1-19-14(25(22,23)24)11-4-2-3-10(13(11)20(19)15(18)21)9-6-5-8(16)7-12(9)17/h2-7,14H,1H3,(H2,18,21)(H,22,23,24). The van der Waals surface area contributed by atoms with E-state index in [4.69, 9.17) is 28.9 Å². The molecule has 1 unspecified atom stereocenters. The number of urea groups is 1. The van der Waals surface area contributed by atoms with Gasteiger partial charge in [0.05, 0.1) is 5.69 Å². The minimum absolute atomic E-state index is 0.215. The van der Waals surface area contributed by atoms with Gasteiger partial charge in [0, 0.05) is 33.8 Å². The fraction of sp³-hybridized carbons (Fsp3) is 0.133. The van der Waals surface area contributed by atoms with E-state index in [9.17, 15) is 17.8 Å². The quantitative estimate of drug-likeness (QED) is 0.751. The number of anilines is 1. The minimum atomic E-state index is -4.52. The molecule has 7 nitrogen and oxygen atoms in total. The molecule has 0 fully saturated rings. The molecule has 0 radical (unpaired) electrons. The predicted molar refractivity (Wildman–Crippen MR) is 96.0 cm³/mol. The van der Waals surface area contributed by atoms with Gasteiger partial charge in [0.2, 0.25) is 0 Å². The SMILES string of the molecule is CN1C(S(=O)(=O)O)c2cccc(-c3ccc(Cl)cc3Cl)c2N1C(N)=O. The highest BCUT2D eigenvalue weighted by atomic mass is 35.5. The maximum absolute atomic E-state index is 11.9. The van der Waals surface area contributed by atoms with Gasteiger partial charge in [0.15, 0.2) is 5.37 Å². The molecule has 2 aromatic rings. The molecular formula is C15H13Cl2N3O4S. The molecule has 0 aliphatic carbocycles. The Bertz CT molecular complexity index is 981. The van der Waals surface area contributed by atoms with Crippen molar-refractivity contribution in [1.82, 2.24) is 5.01 Å². The Kier molecular flexibility index (Phi) is 4.42. The van der Waals surface area contributed by atoms with E-state index >= 15 is 0 Å². The topological polar surface area (TPSA) is 104 Å². The second-order valence-corrected chi connectivity index (χ2v) is 7.78. The third-order valence-corrected chi connectivity index (χ3v) is 5.58. The monoisotopic (exact) mass is 401 g/mol. The summed E-state index contributed by atoms with van der Waals surface area (Å²) < 4.78 is 33.2. The van der Waals surface area contributed by atoms with Gasteiger partial charge in [0.1, 0.15) is 0 Å². The third kappa shape index (κ3) is 2.96. The summed E-state index contributed by atoms with van der Waals surface area (Å²) in [5.41, 5.74) is 6.91. The molecule has 1 heterocycles. The van der Waals surface area contributed by atoms with Gasteiger partial charge in [-0.15, -0.1) is 0 Å². The van der Waals surface area contributed by atoms with Crippen LogP contribution in [0.15, 0.2) is 36.4 Å². The molecule has 3 N–H and O–H groups in total. The van der Waals surface area contributed by atoms with Crippen molar-refractivity contribution in [3.63, 3.8) is 0 Å². The second-order valence-electron chi connectivity index (χ2n) is 5.46. The number of carbonyl (C=O) groups excluding carboxylic acids is 1. The zero-order valence-corrected chi connectivity index (χ0v) is 15.2. The van der Waals surface area contributed by atoms with Gasteiger partial charge < -0.3 is 5.73 Å². The number of nitrogens with two attached hydrogens (primary N) is 1. The smallest absolute Gasteiger partial charge is 0.334 e. The number of amides is 2. The lowest BCUT2D eigenvalue weighted by atomic mass is 10.0. The van der Waals surface area contributed by atoms with Crippen LogP contribution in [-0.2, 0) is 10.1 Å². The number of primary amides is 1. The molecule has 0 aromatic heterocycles. The van der Waals surface area contributed by atoms with E-state index < -0.39 is 21.5 Å². The first kappa shape index (κ1) is 18.0. The van der Waals surface area contributed by atoms with Gasteiger partial charge in [-0.1, -0.05) is 47.5 Å². The van der Waals surface area contributed by atoms with Gasteiger partial charge in [-0.3, -0.25) is 4.55 Å². The number of hydrazine groups is 1. The van der Waals surface area contributed by atoms with Crippen molar-refractivity contribution in [2.24, 2.45) is 5.73 Å². The summed E-state index contributed by atoms with van der Waals surface area (Å²) in [5, 5.41) is 1.36. The second kappa shape index (κ2) is 6.15. The first-order valence-corrected chi connectivity index (χ1v) is 9.25. The molecule has 0 spiro atoms. The maximum atomic E-state index is 11.9. The number of benzene rings is 2. The van der Waals surface area contributed by atoms with Crippen LogP contribution in [-0.4, -0.2) is 31.1 Å². The fourth-order valence-corrected chi connectivity index (χ4v) is 4.51. The Morgan fingerprint density at radius 2 is 1.88 bits per heavy atom. The van der Waals surface area contributed by atoms with Gasteiger partial charge >= 0.3 is 6.03 Å². The number of nitrogens with zero attached hydrogens (tertiary/aromatic N) is 2. The van der Waals surface area contributed by atoms with Crippen LogP contribution in [0.25, 0.3) is 11.1 Å². The molecule has 1 aliphatic rings. The summed E-state index contributed by atoms with van der Waals surface area (Å²) in [4.78, 5) is 11.9. The van der Waals surface area contributed by atoms with Crippen molar-refractivity contribution < 1.29 is 17.8 Å². The Hall–Kier alpha value is -1.84. The summed E-state index contributed by atoms with van der Waals surface area (Å²) in [5.74, 6) is 0. The Labute approximate surface area is 154 Å². The molecule has 3 rings (SSSR count). The van der Waals surface area contributed by atoms with Gasteiger partial charge in [0.25, 0.3) is 10.1 Å². The average molecular weight is 402 g/mol. The zero-order valence-electron chi connectivity index (χ0n) is 12.8. The maximum Gasteiger partial charge on any atom is 0.334 e. The van der Waals surface area contributed by atoms with Crippen LogP contribution >= 0.6 is 23.2 Å². The molecule has 0 saturated carbocycles. The Morgan fingerprint density at radius 1 is 1.20 bits per heavy atom. The lowest BCUT2D eigenvalue weighted by Gasteiger charge is -2.26. The van der Waals surface area contributed by atoms with E-state index in [1.807, 2.05) is 0 Å². The molecule has 1 atom stereocenters. The van der Waals surface area contributed by atoms with Crippen molar-refractivity contribution in [3.8, 4) is 11.1 Å².